The van der Waals surface area contributed by atoms with Crippen LogP contribution >= 0.6 is 0 Å². The van der Waals surface area contributed by atoms with Gasteiger partial charge in [-0.1, -0.05) is 40.2 Å². The minimum atomic E-state index is 0.0874. The minimum Gasteiger partial charge on any atom is -0.656 e. The van der Waals surface area contributed by atoms with E-state index in [1.165, 1.54) is 38.5 Å². The molecule has 0 radical (unpaired) electrons. The van der Waals surface area contributed by atoms with Gasteiger partial charge in [0.15, 0.2) is 0 Å². The van der Waals surface area contributed by atoms with Crippen LogP contribution in [0.5, 0.6) is 0 Å². The third kappa shape index (κ3) is 3.02. The molecule has 6 unspecified atom stereocenters. The van der Waals surface area contributed by atoms with E-state index >= 15 is 0 Å². The van der Waals surface area contributed by atoms with Crippen molar-refractivity contribution in [3.8, 4) is 0 Å². The highest BCUT2D eigenvalue weighted by Gasteiger charge is 2.60. The second kappa shape index (κ2) is 5.88. The maximum Gasteiger partial charge on any atom is 0.0693 e. The smallest absolute Gasteiger partial charge is 0.0693 e. The first kappa shape index (κ1) is 17.5. The zero-order valence-electron chi connectivity index (χ0n) is 16.1. The van der Waals surface area contributed by atoms with Gasteiger partial charge in [-0.3, -0.25) is 0 Å². The summed E-state index contributed by atoms with van der Waals surface area (Å²) in [6.45, 7) is 11.9. The van der Waals surface area contributed by atoms with Crippen LogP contribution in [0.1, 0.15) is 73.1 Å². The van der Waals surface area contributed by atoms with Crippen molar-refractivity contribution in [1.29, 1.82) is 0 Å². The highest BCUT2D eigenvalue weighted by Crippen LogP contribution is 2.59. The Labute approximate surface area is 143 Å². The highest BCUT2D eigenvalue weighted by molar-refractivity contribution is 5.19. The zero-order chi connectivity index (χ0) is 16.9. The Morgan fingerprint density at radius 1 is 1.17 bits per heavy atom. The van der Waals surface area contributed by atoms with Gasteiger partial charge in [0.1, 0.15) is 0 Å². The van der Waals surface area contributed by atoms with Crippen molar-refractivity contribution in [2.45, 2.75) is 90.4 Å². The van der Waals surface area contributed by atoms with E-state index < -0.39 is 0 Å². The van der Waals surface area contributed by atoms with Crippen molar-refractivity contribution in [2.75, 3.05) is 7.05 Å². The van der Waals surface area contributed by atoms with Crippen molar-refractivity contribution >= 4 is 0 Å². The number of hydrogen-bond acceptors (Lipinski definition) is 1. The molecule has 2 heteroatoms. The summed E-state index contributed by atoms with van der Waals surface area (Å²) in [7, 11) is 1.95. The molecule has 2 fully saturated rings. The molecule has 3 aliphatic rings. The summed E-state index contributed by atoms with van der Waals surface area (Å²) in [5.74, 6) is 2.23. The molecule has 3 rings (SSSR count). The predicted molar refractivity (Wildman–Crippen MR) is 97.7 cm³/mol. The molecular formula is C21H36NO-. The van der Waals surface area contributed by atoms with Gasteiger partial charge in [-0.05, 0) is 62.2 Å². The van der Waals surface area contributed by atoms with Crippen LogP contribution in [0.15, 0.2) is 12.2 Å². The number of ether oxygens (including phenoxy) is 1. The Balaban J connectivity index is 1.58. The minimum absolute atomic E-state index is 0.0874. The van der Waals surface area contributed by atoms with Crippen LogP contribution in [0.4, 0.5) is 0 Å². The topological polar surface area (TPSA) is 23.3 Å². The number of nitrogens with zero attached hydrogens (tertiary/aromatic N) is 1. The fourth-order valence-corrected chi connectivity index (χ4v) is 5.60. The third-order valence-corrected chi connectivity index (χ3v) is 7.62. The average Bonchev–Trinajstić information content (AvgIpc) is 2.98. The van der Waals surface area contributed by atoms with Crippen molar-refractivity contribution < 1.29 is 4.74 Å². The molecule has 2 saturated heterocycles. The van der Waals surface area contributed by atoms with Gasteiger partial charge in [0, 0.05) is 0 Å². The molecule has 2 nitrogen and oxygen atoms in total. The first-order chi connectivity index (χ1) is 10.7. The molecule has 0 saturated carbocycles. The Bertz CT molecular complexity index is 466. The monoisotopic (exact) mass is 318 g/mol. The second-order valence-corrected chi connectivity index (χ2v) is 9.53. The van der Waals surface area contributed by atoms with Crippen LogP contribution in [0.2, 0.25) is 0 Å². The fourth-order valence-electron chi connectivity index (χ4n) is 5.60. The molecule has 0 aromatic heterocycles. The van der Waals surface area contributed by atoms with E-state index in [9.17, 15) is 0 Å². The summed E-state index contributed by atoms with van der Waals surface area (Å²) >= 11 is 0. The molecule has 0 aromatic rings. The van der Waals surface area contributed by atoms with Gasteiger partial charge >= 0.3 is 0 Å². The van der Waals surface area contributed by atoms with Gasteiger partial charge in [-0.2, -0.15) is 7.05 Å². The number of rotatable bonds is 5. The molecule has 2 heterocycles. The lowest BCUT2D eigenvalue weighted by molar-refractivity contribution is 0.00345. The summed E-state index contributed by atoms with van der Waals surface area (Å²) < 4.78 is 6.38. The average molecular weight is 319 g/mol. The zero-order valence-corrected chi connectivity index (χ0v) is 16.1. The van der Waals surface area contributed by atoms with Gasteiger partial charge in [0.05, 0.1) is 11.7 Å². The van der Waals surface area contributed by atoms with Gasteiger partial charge in [-0.15, -0.1) is 11.6 Å². The third-order valence-electron chi connectivity index (χ3n) is 7.62. The van der Waals surface area contributed by atoms with Crippen LogP contribution in [-0.2, 0) is 4.74 Å². The lowest BCUT2D eigenvalue weighted by Gasteiger charge is -2.44. The van der Waals surface area contributed by atoms with Crippen molar-refractivity contribution in [3.05, 3.63) is 17.5 Å². The van der Waals surface area contributed by atoms with Gasteiger partial charge in [0.25, 0.3) is 0 Å². The van der Waals surface area contributed by atoms with Crippen molar-refractivity contribution in [2.24, 2.45) is 23.2 Å². The number of fused-ring (bicyclic) bond motifs is 2. The molecule has 132 valence electrons. The maximum atomic E-state index is 6.38. The van der Waals surface area contributed by atoms with E-state index in [-0.39, 0.29) is 11.1 Å². The summed E-state index contributed by atoms with van der Waals surface area (Å²) in [5.41, 5.74) is 0.592. The van der Waals surface area contributed by atoms with Gasteiger partial charge < -0.3 is 10.1 Å². The second-order valence-electron chi connectivity index (χ2n) is 9.53. The first-order valence-electron chi connectivity index (χ1n) is 9.68. The Hall–Kier alpha value is -0.340. The Morgan fingerprint density at radius 2 is 1.91 bits per heavy atom. The Kier molecular flexibility index (Phi) is 4.47. The molecule has 0 spiro atoms. The van der Waals surface area contributed by atoms with Gasteiger partial charge in [0.2, 0.25) is 0 Å². The maximum absolute atomic E-state index is 6.38. The van der Waals surface area contributed by atoms with Crippen LogP contribution in [0.25, 0.3) is 5.32 Å². The molecule has 1 aliphatic carbocycles. The number of allylic oxidation sites excluding steroid dienone is 1. The van der Waals surface area contributed by atoms with Crippen molar-refractivity contribution in [3.63, 3.8) is 0 Å². The molecule has 23 heavy (non-hydrogen) atoms. The SMILES string of the molecule is C[N-]C1(C)C=CC(C(C)CCC2C3(C)CCC(O3)C2(C)C)CC1. The van der Waals surface area contributed by atoms with E-state index in [1.54, 1.807) is 0 Å². The molecular weight excluding hydrogens is 282 g/mol. The fraction of sp³-hybridized carbons (Fsp3) is 0.905. The summed E-state index contributed by atoms with van der Waals surface area (Å²) in [5, 5.41) is 4.53. The van der Waals surface area contributed by atoms with E-state index in [2.05, 4.69) is 52.1 Å². The lowest BCUT2D eigenvalue weighted by atomic mass is 9.62. The normalized spacial score (nSPS) is 46.3. The van der Waals surface area contributed by atoms with Crippen LogP contribution in [0, 0.1) is 23.2 Å². The molecule has 6 atom stereocenters. The van der Waals surface area contributed by atoms with Crippen LogP contribution in [0.3, 0.4) is 0 Å². The molecule has 2 bridgehead atoms. The Morgan fingerprint density at radius 3 is 2.43 bits per heavy atom. The van der Waals surface area contributed by atoms with E-state index in [4.69, 9.17) is 4.74 Å². The molecule has 0 N–H and O–H groups in total. The van der Waals surface area contributed by atoms with Crippen LogP contribution in [-0.4, -0.2) is 24.3 Å². The van der Waals surface area contributed by atoms with Gasteiger partial charge in [-0.25, -0.2) is 0 Å². The molecule has 0 amide bonds. The van der Waals surface area contributed by atoms with Crippen LogP contribution < -0.4 is 0 Å². The van der Waals surface area contributed by atoms with Crippen molar-refractivity contribution in [1.82, 2.24) is 0 Å². The number of hydrogen-bond donors (Lipinski definition) is 0. The first-order valence-corrected chi connectivity index (χ1v) is 9.68. The molecule has 0 aromatic carbocycles. The number of likely N-dealkylation sites (N-methyl/N-ethyl adjacent to an activating group) is 1. The summed E-state index contributed by atoms with van der Waals surface area (Å²) in [4.78, 5) is 0. The lowest BCUT2D eigenvalue weighted by Crippen LogP contribution is -2.40. The predicted octanol–water partition coefficient (Wildman–Crippen LogP) is 5.72. The molecule has 2 aliphatic heterocycles. The largest absolute Gasteiger partial charge is 0.656 e. The van der Waals surface area contributed by atoms with E-state index in [0.29, 0.717) is 11.5 Å². The van der Waals surface area contributed by atoms with E-state index in [1.807, 2.05) is 7.05 Å². The summed E-state index contributed by atoms with van der Waals surface area (Å²) in [6, 6.07) is 0. The highest BCUT2D eigenvalue weighted by atomic mass is 16.5. The quantitative estimate of drug-likeness (QED) is 0.594. The van der Waals surface area contributed by atoms with E-state index in [0.717, 1.165) is 17.8 Å². The summed E-state index contributed by atoms with van der Waals surface area (Å²) in [6.07, 6.45) is 13.0. The standard InChI is InChI=1S/C21H36NO/c1-15(16-9-12-20(4,22-6)13-10-16)7-8-17-19(2,3)18-11-14-21(17,5)23-18/h9,12,15-18H,7-8,10-11,13-14H2,1-6H3/q-1.